The minimum Gasteiger partial charge on any atom is -0.508 e. The van der Waals surface area contributed by atoms with Gasteiger partial charge in [-0.2, -0.15) is 0 Å². The molecule has 0 saturated heterocycles. The second-order valence-corrected chi connectivity index (χ2v) is 21.3. The Bertz CT molecular complexity index is 2540. The summed E-state index contributed by atoms with van der Waals surface area (Å²) in [5.41, 5.74) is 11.7. The first-order chi connectivity index (χ1) is 31.8. The number of hydrogen-bond acceptors (Lipinski definition) is 6. The zero-order valence-electron chi connectivity index (χ0n) is 41.3. The number of carbonyl (C=O) groups is 2. The number of aromatic hydroxyl groups is 1. The van der Waals surface area contributed by atoms with Gasteiger partial charge in [0.25, 0.3) is 0 Å². The normalized spacial score (nSPS) is 16.8. The van der Waals surface area contributed by atoms with Gasteiger partial charge in [0.05, 0.1) is 39.1 Å². The zero-order chi connectivity index (χ0) is 48.6. The Balaban J connectivity index is 0.000000183. The average Bonchev–Trinajstić information content (AvgIpc) is 4.07. The number of halogens is 1. The molecule has 2 aliphatic carbocycles. The third kappa shape index (κ3) is 12.7. The van der Waals surface area contributed by atoms with Gasteiger partial charge in [0.2, 0.25) is 0 Å². The summed E-state index contributed by atoms with van der Waals surface area (Å²) in [4.78, 5) is 23.4. The number of phenolic OH excluding ortho intramolecular Hbond substituents is 1. The third-order valence-corrected chi connectivity index (χ3v) is 14.7. The van der Waals surface area contributed by atoms with E-state index in [1.165, 1.54) is 62.2 Å². The number of aromatic nitrogens is 2. The van der Waals surface area contributed by atoms with Crippen molar-refractivity contribution in [2.45, 2.75) is 140 Å². The SMILES string of the molecule is CC1(C)CCC(C)(C)c2cc(CBr)ccc21.COC(=O)C[C@H](c1ccc(O)cc1)n1cccc1.COC(=O)C[C@H](c1ccc(OCc2ccc3c(c2)C(C)(C)CCC3(C)C)cc1)n1cccc1. The maximum absolute atomic E-state index is 11.9. The number of esters is 2. The van der Waals surface area contributed by atoms with Gasteiger partial charge in [-0.15, -0.1) is 0 Å². The van der Waals surface area contributed by atoms with Crippen LogP contribution < -0.4 is 4.74 Å². The molecule has 2 atom stereocenters. The summed E-state index contributed by atoms with van der Waals surface area (Å²) in [6.45, 7) is 19.4. The number of hydrogen-bond donors (Lipinski definition) is 1. The van der Waals surface area contributed by atoms with Crippen LogP contribution in [0.1, 0.15) is 151 Å². The van der Waals surface area contributed by atoms with Crippen molar-refractivity contribution in [3.8, 4) is 11.5 Å². The van der Waals surface area contributed by atoms with Crippen LogP contribution in [0.2, 0.25) is 0 Å². The Labute approximate surface area is 407 Å². The van der Waals surface area contributed by atoms with Crippen LogP contribution in [0.4, 0.5) is 0 Å². The molecule has 0 fully saturated rings. The van der Waals surface area contributed by atoms with Crippen LogP contribution in [-0.2, 0) is 52.7 Å². The van der Waals surface area contributed by atoms with Crippen LogP contribution in [0.5, 0.6) is 11.5 Å². The minimum absolute atomic E-state index is 0.104. The van der Waals surface area contributed by atoms with Crippen molar-refractivity contribution in [3.05, 3.63) is 178 Å². The van der Waals surface area contributed by atoms with Gasteiger partial charge in [0.15, 0.2) is 0 Å². The summed E-state index contributed by atoms with van der Waals surface area (Å²) in [6.07, 6.45) is 13.3. The molecule has 0 saturated carbocycles. The number of ether oxygens (including phenoxy) is 3. The highest BCUT2D eigenvalue weighted by Crippen LogP contribution is 2.47. The molecule has 0 amide bonds. The molecule has 2 aliphatic rings. The van der Waals surface area contributed by atoms with Gasteiger partial charge in [0, 0.05) is 30.1 Å². The lowest BCUT2D eigenvalue weighted by molar-refractivity contribution is -0.142. The van der Waals surface area contributed by atoms with Gasteiger partial charge in [-0.05, 0) is 140 Å². The van der Waals surface area contributed by atoms with Gasteiger partial charge in [-0.3, -0.25) is 9.59 Å². The van der Waals surface area contributed by atoms with E-state index in [1.54, 1.807) is 23.3 Å². The number of benzene rings is 4. The highest BCUT2D eigenvalue weighted by molar-refractivity contribution is 9.08. The van der Waals surface area contributed by atoms with Crippen molar-refractivity contribution >= 4 is 27.9 Å². The molecule has 67 heavy (non-hydrogen) atoms. The smallest absolute Gasteiger partial charge is 0.307 e. The molecule has 2 aromatic heterocycles. The van der Waals surface area contributed by atoms with Gasteiger partial charge in [-0.25, -0.2) is 0 Å². The molecule has 0 bridgehead atoms. The van der Waals surface area contributed by atoms with Crippen molar-refractivity contribution in [1.82, 2.24) is 9.13 Å². The number of methoxy groups -OCH3 is 2. The first-order valence-corrected chi connectivity index (χ1v) is 24.6. The van der Waals surface area contributed by atoms with E-state index in [1.807, 2.05) is 94.6 Å². The molecule has 0 unspecified atom stereocenters. The number of fused-ring (bicyclic) bond motifs is 2. The Kier molecular flexibility index (Phi) is 16.4. The predicted octanol–water partition coefficient (Wildman–Crippen LogP) is 13.8. The van der Waals surface area contributed by atoms with E-state index < -0.39 is 0 Å². The molecular weight excluding hydrogens is 901 g/mol. The summed E-state index contributed by atoms with van der Waals surface area (Å²) in [7, 11) is 2.81. The lowest BCUT2D eigenvalue weighted by atomic mass is 9.63. The Hall–Kier alpha value is -5.54. The largest absolute Gasteiger partial charge is 0.508 e. The van der Waals surface area contributed by atoms with Gasteiger partial charge in [0.1, 0.15) is 18.1 Å². The molecule has 0 radical (unpaired) electrons. The second kappa shape index (κ2) is 21.6. The predicted molar refractivity (Wildman–Crippen MR) is 273 cm³/mol. The molecule has 2 heterocycles. The quantitative estimate of drug-likeness (QED) is 0.0970. The average molecular weight is 972 g/mol. The van der Waals surface area contributed by atoms with E-state index in [9.17, 15) is 14.7 Å². The van der Waals surface area contributed by atoms with Gasteiger partial charge >= 0.3 is 11.9 Å². The van der Waals surface area contributed by atoms with Gasteiger partial charge < -0.3 is 28.5 Å². The van der Waals surface area contributed by atoms with Crippen molar-refractivity contribution in [2.75, 3.05) is 14.2 Å². The highest BCUT2D eigenvalue weighted by atomic mass is 79.9. The number of nitrogens with zero attached hydrogens (tertiary/aromatic N) is 2. The van der Waals surface area contributed by atoms with Crippen LogP contribution in [0, 0.1) is 0 Å². The maximum atomic E-state index is 11.9. The Morgan fingerprint density at radius 3 is 1.33 bits per heavy atom. The van der Waals surface area contributed by atoms with E-state index in [2.05, 4.69) is 108 Å². The van der Waals surface area contributed by atoms with E-state index in [0.29, 0.717) is 17.4 Å². The summed E-state index contributed by atoms with van der Waals surface area (Å²) < 4.78 is 19.7. The maximum Gasteiger partial charge on any atom is 0.307 e. The summed E-state index contributed by atoms with van der Waals surface area (Å²) in [5, 5.41) is 10.3. The standard InChI is InChI=1S/C29H35NO3.C15H21Br.C14H15NO3/c1-28(2)14-15-29(3,4)25-18-21(8-13-24(25)28)20-33-23-11-9-22(10-12-23)26(19-27(31)32-5)30-16-6-7-17-30;1-14(2)7-8-15(3,4)13-9-11(10-16)5-6-12(13)14;1-18-14(17)10-13(15-8-2-3-9-15)11-4-6-12(16)7-5-11/h6-13,16-18,26H,14-15,19-20H2,1-5H3;5-6,9H,7-8,10H2,1-4H3;2-9,13,16H,10H2,1H3/t26-;;13-/m1.1/s1. The number of alkyl halides is 1. The zero-order valence-corrected chi connectivity index (χ0v) is 42.9. The Morgan fingerprint density at radius 1 is 0.552 bits per heavy atom. The van der Waals surface area contributed by atoms with E-state index in [0.717, 1.165) is 22.2 Å². The molecule has 8 nitrogen and oxygen atoms in total. The van der Waals surface area contributed by atoms with Crippen LogP contribution >= 0.6 is 15.9 Å². The van der Waals surface area contributed by atoms with E-state index in [-0.39, 0.29) is 53.4 Å². The number of rotatable bonds is 12. The molecule has 356 valence electrons. The van der Waals surface area contributed by atoms with Crippen molar-refractivity contribution in [3.63, 3.8) is 0 Å². The third-order valence-electron chi connectivity index (χ3n) is 14.1. The fraction of sp³-hybridized carbons (Fsp3) is 0.414. The van der Waals surface area contributed by atoms with Crippen molar-refractivity contribution < 1.29 is 28.9 Å². The van der Waals surface area contributed by atoms with Crippen LogP contribution in [-0.4, -0.2) is 40.4 Å². The highest BCUT2D eigenvalue weighted by Gasteiger charge is 2.38. The summed E-state index contributed by atoms with van der Waals surface area (Å²) >= 11 is 3.55. The monoisotopic (exact) mass is 970 g/mol. The van der Waals surface area contributed by atoms with E-state index in [4.69, 9.17) is 14.2 Å². The fourth-order valence-electron chi connectivity index (χ4n) is 9.48. The number of carbonyl (C=O) groups excluding carboxylic acids is 2. The lowest BCUT2D eigenvalue weighted by Gasteiger charge is -2.42. The fourth-order valence-corrected chi connectivity index (χ4v) is 9.83. The first-order valence-electron chi connectivity index (χ1n) is 23.5. The first kappa shape index (κ1) is 50.9. The van der Waals surface area contributed by atoms with Crippen molar-refractivity contribution in [2.24, 2.45) is 0 Å². The summed E-state index contributed by atoms with van der Waals surface area (Å²) in [5.74, 6) is 0.540. The molecule has 8 rings (SSSR count). The molecule has 9 heteroatoms. The molecular formula is C58H71BrN2O6. The molecule has 1 N–H and O–H groups in total. The van der Waals surface area contributed by atoms with Crippen LogP contribution in [0.25, 0.3) is 0 Å². The second-order valence-electron chi connectivity index (χ2n) is 20.7. The van der Waals surface area contributed by atoms with Crippen LogP contribution in [0.3, 0.4) is 0 Å². The van der Waals surface area contributed by atoms with Crippen LogP contribution in [0.15, 0.2) is 134 Å². The molecule has 6 aromatic rings. The number of phenols is 1. The van der Waals surface area contributed by atoms with Crippen molar-refractivity contribution in [1.29, 1.82) is 0 Å². The van der Waals surface area contributed by atoms with Gasteiger partial charge in [-0.1, -0.05) is 132 Å². The lowest BCUT2D eigenvalue weighted by Crippen LogP contribution is -2.33. The summed E-state index contributed by atoms with van der Waals surface area (Å²) in [6, 6.07) is 36.2. The minimum atomic E-state index is -0.262. The molecule has 4 aromatic carbocycles. The molecule has 0 spiro atoms. The Morgan fingerprint density at radius 2 is 0.925 bits per heavy atom. The topological polar surface area (TPSA) is 91.9 Å². The van der Waals surface area contributed by atoms with E-state index >= 15 is 0 Å². The molecule has 0 aliphatic heterocycles.